The van der Waals surface area contributed by atoms with Crippen molar-refractivity contribution in [2.45, 2.75) is 26.4 Å². The predicted octanol–water partition coefficient (Wildman–Crippen LogP) is 3.28. The molecule has 0 radical (unpaired) electrons. The van der Waals surface area contributed by atoms with Gasteiger partial charge in [-0.1, -0.05) is 13.8 Å². The fraction of sp³-hybridized carbons (Fsp3) is 0.412. The van der Waals surface area contributed by atoms with Crippen molar-refractivity contribution in [1.82, 2.24) is 9.97 Å². The Kier molecular flexibility index (Phi) is 6.01. The van der Waals surface area contributed by atoms with Gasteiger partial charge in [0.25, 0.3) is 0 Å². The normalized spacial score (nSPS) is 12.5. The monoisotopic (exact) mass is 351 g/mol. The number of nitrogens with zero attached hydrogens (tertiary/aromatic N) is 3. The molecular weight excluding hydrogens is 329 g/mol. The quantitative estimate of drug-likeness (QED) is 0.801. The van der Waals surface area contributed by atoms with E-state index in [-0.39, 0.29) is 11.7 Å². The average molecular weight is 351 g/mol. The van der Waals surface area contributed by atoms with E-state index in [0.717, 1.165) is 16.8 Å². The first-order chi connectivity index (χ1) is 11.3. The number of halogens is 1. The second kappa shape index (κ2) is 7.81. The van der Waals surface area contributed by atoms with Gasteiger partial charge in [-0.25, -0.2) is 18.6 Å². The van der Waals surface area contributed by atoms with Crippen LogP contribution in [0.4, 0.5) is 10.3 Å². The zero-order chi connectivity index (χ0) is 17.9. The Morgan fingerprint density at radius 3 is 2.38 bits per heavy atom. The summed E-state index contributed by atoms with van der Waals surface area (Å²) >= 11 is 0. The van der Waals surface area contributed by atoms with Crippen LogP contribution in [0.25, 0.3) is 11.3 Å². The van der Waals surface area contributed by atoms with E-state index in [2.05, 4.69) is 9.97 Å². The van der Waals surface area contributed by atoms with Crippen LogP contribution in [-0.2, 0) is 22.3 Å². The molecule has 1 heterocycles. The van der Waals surface area contributed by atoms with E-state index in [1.54, 1.807) is 32.5 Å². The summed E-state index contributed by atoms with van der Waals surface area (Å²) in [5, 5.41) is 0. The van der Waals surface area contributed by atoms with Crippen LogP contribution in [0.3, 0.4) is 0 Å². The molecule has 1 unspecified atom stereocenters. The lowest BCUT2D eigenvalue weighted by Crippen LogP contribution is -2.23. The molecule has 0 amide bonds. The first-order valence-corrected chi connectivity index (χ1v) is 9.09. The van der Waals surface area contributed by atoms with Crippen LogP contribution in [0.1, 0.15) is 31.0 Å². The lowest BCUT2D eigenvalue weighted by atomic mass is 9.99. The Balaban J connectivity index is 2.72. The molecule has 7 heteroatoms. The Labute approximate surface area is 144 Å². The minimum absolute atomic E-state index is 0.134. The topological polar surface area (TPSA) is 55.3 Å². The highest BCUT2D eigenvalue weighted by molar-refractivity contribution is 7.85. The van der Waals surface area contributed by atoms with Crippen LogP contribution in [0, 0.1) is 5.82 Å². The molecule has 0 N–H and O–H groups in total. The van der Waals surface area contributed by atoms with Crippen LogP contribution >= 0.6 is 0 Å². The molecule has 130 valence electrons. The number of methoxy groups -OCH3 is 1. The van der Waals surface area contributed by atoms with Gasteiger partial charge in [-0.2, -0.15) is 0 Å². The van der Waals surface area contributed by atoms with Crippen molar-refractivity contribution in [3.8, 4) is 11.3 Å². The number of ether oxygens (including phenoxy) is 1. The van der Waals surface area contributed by atoms with E-state index in [4.69, 9.17) is 4.74 Å². The van der Waals surface area contributed by atoms with Gasteiger partial charge >= 0.3 is 0 Å². The smallest absolute Gasteiger partial charge is 0.237 e. The zero-order valence-electron chi connectivity index (χ0n) is 14.5. The minimum Gasteiger partial charge on any atom is -0.380 e. The van der Waals surface area contributed by atoms with Gasteiger partial charge in [0.05, 0.1) is 18.0 Å². The largest absolute Gasteiger partial charge is 0.380 e. The van der Waals surface area contributed by atoms with Crippen LogP contribution in [0.5, 0.6) is 0 Å². The van der Waals surface area contributed by atoms with Crippen LogP contribution in [0.2, 0.25) is 0 Å². The van der Waals surface area contributed by atoms with Gasteiger partial charge in [-0.3, -0.25) is 4.31 Å². The first kappa shape index (κ1) is 18.5. The molecular formula is C17H22FN3O2S. The molecule has 0 aliphatic carbocycles. The van der Waals surface area contributed by atoms with Crippen LogP contribution in [0.15, 0.2) is 24.3 Å². The molecule has 0 aliphatic heterocycles. The van der Waals surface area contributed by atoms with Gasteiger partial charge in [-0.15, -0.1) is 0 Å². The SMILES string of the molecule is COCc1c(-c2ccc(F)cc2)nc(N(C)S(C)=O)nc1C(C)C. The number of hydrogen-bond acceptors (Lipinski definition) is 4. The average Bonchev–Trinajstić information content (AvgIpc) is 2.55. The number of rotatable bonds is 6. The highest BCUT2D eigenvalue weighted by atomic mass is 32.2. The second-order valence-electron chi connectivity index (χ2n) is 5.75. The molecule has 5 nitrogen and oxygen atoms in total. The van der Waals surface area contributed by atoms with Crippen molar-refractivity contribution in [1.29, 1.82) is 0 Å². The van der Waals surface area contributed by atoms with Crippen molar-refractivity contribution in [2.24, 2.45) is 0 Å². The van der Waals surface area contributed by atoms with E-state index in [0.29, 0.717) is 18.2 Å². The zero-order valence-corrected chi connectivity index (χ0v) is 15.4. The molecule has 2 aromatic rings. The molecule has 0 saturated heterocycles. The third-order valence-electron chi connectivity index (χ3n) is 3.65. The summed E-state index contributed by atoms with van der Waals surface area (Å²) in [6.45, 7) is 4.41. The van der Waals surface area contributed by atoms with E-state index < -0.39 is 11.0 Å². The Hall–Kier alpha value is -1.86. The lowest BCUT2D eigenvalue weighted by molar-refractivity contribution is 0.183. The highest BCUT2D eigenvalue weighted by Crippen LogP contribution is 2.30. The summed E-state index contributed by atoms with van der Waals surface area (Å²) in [7, 11) is 2.05. The van der Waals surface area contributed by atoms with E-state index in [1.165, 1.54) is 16.4 Å². The van der Waals surface area contributed by atoms with Crippen molar-refractivity contribution in [3.05, 3.63) is 41.3 Å². The van der Waals surface area contributed by atoms with Gasteiger partial charge < -0.3 is 4.74 Å². The molecule has 0 aliphatic rings. The number of benzene rings is 1. The molecule has 0 fully saturated rings. The third kappa shape index (κ3) is 3.96. The summed E-state index contributed by atoms with van der Waals surface area (Å²) in [4.78, 5) is 9.16. The maximum absolute atomic E-state index is 13.3. The predicted molar refractivity (Wildman–Crippen MR) is 94.7 cm³/mol. The first-order valence-electron chi connectivity index (χ1n) is 7.58. The maximum atomic E-state index is 13.3. The van der Waals surface area contributed by atoms with Gasteiger partial charge in [-0.05, 0) is 30.2 Å². The van der Waals surface area contributed by atoms with Crippen molar-refractivity contribution in [3.63, 3.8) is 0 Å². The van der Waals surface area contributed by atoms with Crippen LogP contribution < -0.4 is 4.31 Å². The molecule has 1 aromatic carbocycles. The van der Waals surface area contributed by atoms with Gasteiger partial charge in [0.15, 0.2) is 0 Å². The molecule has 0 bridgehead atoms. The Bertz CT molecular complexity index is 735. The van der Waals surface area contributed by atoms with Gasteiger partial charge in [0.1, 0.15) is 16.8 Å². The highest BCUT2D eigenvalue weighted by Gasteiger charge is 2.20. The fourth-order valence-electron chi connectivity index (χ4n) is 2.36. The van der Waals surface area contributed by atoms with Crippen molar-refractivity contribution in [2.75, 3.05) is 24.7 Å². The van der Waals surface area contributed by atoms with Gasteiger partial charge in [0, 0.05) is 31.5 Å². The van der Waals surface area contributed by atoms with E-state index in [9.17, 15) is 8.60 Å². The lowest BCUT2D eigenvalue weighted by Gasteiger charge is -2.20. The van der Waals surface area contributed by atoms with Crippen molar-refractivity contribution < 1.29 is 13.3 Å². The summed E-state index contributed by atoms with van der Waals surface area (Å²) in [6, 6.07) is 6.14. The maximum Gasteiger partial charge on any atom is 0.237 e. The van der Waals surface area contributed by atoms with Crippen molar-refractivity contribution >= 4 is 16.9 Å². The second-order valence-corrected chi connectivity index (χ2v) is 7.15. The molecule has 0 spiro atoms. The van der Waals surface area contributed by atoms with E-state index >= 15 is 0 Å². The molecule has 0 saturated carbocycles. The van der Waals surface area contributed by atoms with Gasteiger partial charge in [0.2, 0.25) is 5.95 Å². The number of hydrogen-bond donors (Lipinski definition) is 0. The van der Waals surface area contributed by atoms with E-state index in [1.807, 2.05) is 13.8 Å². The molecule has 1 atom stereocenters. The third-order valence-corrected chi connectivity index (χ3v) is 4.58. The molecule has 24 heavy (non-hydrogen) atoms. The summed E-state index contributed by atoms with van der Waals surface area (Å²) in [6.07, 6.45) is 1.57. The summed E-state index contributed by atoms with van der Waals surface area (Å²) in [5.74, 6) is 0.200. The molecule has 2 rings (SSSR count). The molecule has 1 aromatic heterocycles. The number of anilines is 1. The Morgan fingerprint density at radius 2 is 1.88 bits per heavy atom. The number of aromatic nitrogens is 2. The Morgan fingerprint density at radius 1 is 1.25 bits per heavy atom. The standard InChI is InChI=1S/C17H22FN3O2S/c1-11(2)15-14(10-23-4)16(12-6-8-13(18)9-7-12)20-17(19-15)21(3)24(5)22/h6-9,11H,10H2,1-5H3. The van der Waals surface area contributed by atoms with Crippen LogP contribution in [-0.4, -0.2) is 34.6 Å². The summed E-state index contributed by atoms with van der Waals surface area (Å²) in [5.41, 5.74) is 3.13. The minimum atomic E-state index is -1.24. The summed E-state index contributed by atoms with van der Waals surface area (Å²) < 4.78 is 31.9. The fourth-order valence-corrected chi connectivity index (χ4v) is 2.67.